The van der Waals surface area contributed by atoms with Gasteiger partial charge in [0.05, 0.1) is 0 Å². The molecule has 0 saturated heterocycles. The first-order valence-corrected chi connectivity index (χ1v) is 26.4. The second-order valence-electron chi connectivity index (χ2n) is 17.6. The highest BCUT2D eigenvalue weighted by molar-refractivity contribution is 9.11. The third kappa shape index (κ3) is 8.94. The van der Waals surface area contributed by atoms with E-state index in [2.05, 4.69) is 116 Å². The van der Waals surface area contributed by atoms with Crippen LogP contribution < -0.4 is 28.4 Å². The summed E-state index contributed by atoms with van der Waals surface area (Å²) in [7, 11) is 0. The first kappa shape index (κ1) is 46.7. The Labute approximate surface area is 406 Å². The van der Waals surface area contributed by atoms with Crippen LogP contribution in [-0.2, 0) is 0 Å². The average molecular weight is 1120 g/mol. The quantitative estimate of drug-likeness (QED) is 0.107. The van der Waals surface area contributed by atoms with Gasteiger partial charge in [-0.05, 0) is 114 Å². The van der Waals surface area contributed by atoms with E-state index < -0.39 is 0 Å². The van der Waals surface area contributed by atoms with E-state index in [1.54, 1.807) is 0 Å². The van der Waals surface area contributed by atoms with Gasteiger partial charge >= 0.3 is 0 Å². The molecule has 1 aliphatic carbocycles. The molecule has 2 atom stereocenters. The standard InChI is InChI=1S/C51H60Br4O8/c1-5-9-13-17-28-32-21-34-29(18-14-10-6-2)36-23-38-31(20-16-12-8-4)39-24-37-30(19-15-11-7-3)35-22-33(28)45(57)41(53)47(35)59-26-61-49(37)43(55)51(39)63-27-62-50(38)42(54)48(36)60-25-58-46(34)40(52)44(32)56/h21-24,28-31,56-57H,5-20,25-27H2,1-4H3. The van der Waals surface area contributed by atoms with Gasteiger partial charge in [0.2, 0.25) is 20.4 Å². The van der Waals surface area contributed by atoms with Crippen molar-refractivity contribution >= 4 is 63.7 Å². The molecule has 12 heteroatoms. The lowest BCUT2D eigenvalue weighted by Gasteiger charge is -2.35. The summed E-state index contributed by atoms with van der Waals surface area (Å²) in [5.74, 6) is 3.33. The van der Waals surface area contributed by atoms with Gasteiger partial charge in [-0.3, -0.25) is 0 Å². The Morgan fingerprint density at radius 2 is 0.587 bits per heavy atom. The molecule has 2 N–H and O–H groups in total. The highest BCUT2D eigenvalue weighted by Gasteiger charge is 2.40. The smallest absolute Gasteiger partial charge is 0.231 e. The summed E-state index contributed by atoms with van der Waals surface area (Å²) in [6.45, 7) is 8.72. The molecule has 2 unspecified atom stereocenters. The summed E-state index contributed by atoms with van der Waals surface area (Å²) < 4.78 is 42.1. The van der Waals surface area contributed by atoms with E-state index in [1.165, 1.54) is 0 Å². The zero-order chi connectivity index (χ0) is 44.4. The largest absolute Gasteiger partial charge is 0.506 e. The maximum atomic E-state index is 12.4. The van der Waals surface area contributed by atoms with Crippen molar-refractivity contribution in [2.75, 3.05) is 20.4 Å². The summed E-state index contributed by atoms with van der Waals surface area (Å²) in [4.78, 5) is 0. The van der Waals surface area contributed by atoms with Gasteiger partial charge in [0, 0.05) is 68.2 Å². The minimum atomic E-state index is -0.368. The van der Waals surface area contributed by atoms with Crippen LogP contribution in [-0.4, -0.2) is 30.6 Å². The normalized spacial score (nSPS) is 19.2. The van der Waals surface area contributed by atoms with Gasteiger partial charge in [0.15, 0.2) is 0 Å². The Morgan fingerprint density at radius 1 is 0.365 bits per heavy atom. The van der Waals surface area contributed by atoms with Crippen molar-refractivity contribution in [1.82, 2.24) is 0 Å². The zero-order valence-corrected chi connectivity index (χ0v) is 43.3. The SMILES string of the molecule is CCCCCC1c2cc3c(c(Br)c2O)OCOc2c(cc4c(c2Br)OCOc2c(cc5c(c2Br)OCOc2c(cc1c(O)c2Br)C5CCCCC)C4CCCCC)C3CCCCC. The summed E-state index contributed by atoms with van der Waals surface area (Å²) in [6, 6.07) is 9.02. The number of phenolic OH excluding ortho intramolecular Hbond substituents is 2. The van der Waals surface area contributed by atoms with Gasteiger partial charge in [-0.25, -0.2) is 0 Å². The molecule has 0 saturated carbocycles. The summed E-state index contributed by atoms with van der Waals surface area (Å²) in [5.41, 5.74) is 7.70. The molecule has 8 nitrogen and oxygen atoms in total. The molecule has 0 radical (unpaired) electrons. The number of ether oxygens (including phenoxy) is 6. The molecule has 3 heterocycles. The number of benzene rings is 4. The number of fused-ring (bicyclic) bond motifs is 2. The average Bonchev–Trinajstić information content (AvgIpc) is 3.25. The Hall–Kier alpha value is -2.80. The van der Waals surface area contributed by atoms with Crippen LogP contribution in [0, 0.1) is 0 Å². The minimum Gasteiger partial charge on any atom is -0.506 e. The van der Waals surface area contributed by atoms with Crippen molar-refractivity contribution in [3.8, 4) is 46.0 Å². The fourth-order valence-electron chi connectivity index (χ4n) is 10.3. The van der Waals surface area contributed by atoms with E-state index in [0.29, 0.717) is 49.9 Å². The fraction of sp³-hybridized carbons (Fsp3) is 0.529. The van der Waals surface area contributed by atoms with Crippen molar-refractivity contribution < 1.29 is 38.6 Å². The lowest BCUT2D eigenvalue weighted by Crippen LogP contribution is -2.22. The molecule has 0 amide bonds. The van der Waals surface area contributed by atoms with Crippen LogP contribution >= 0.6 is 63.7 Å². The molecular formula is C51H60Br4O8. The third-order valence-corrected chi connectivity index (χ3v) is 16.5. The lowest BCUT2D eigenvalue weighted by molar-refractivity contribution is 0.0999. The van der Waals surface area contributed by atoms with Crippen molar-refractivity contribution in [3.05, 3.63) is 86.7 Å². The van der Waals surface area contributed by atoms with Crippen molar-refractivity contribution in [2.45, 2.75) is 154 Å². The van der Waals surface area contributed by atoms with E-state index in [4.69, 9.17) is 28.4 Å². The molecule has 3 aliphatic heterocycles. The highest BCUT2D eigenvalue weighted by Crippen LogP contribution is 2.60. The van der Waals surface area contributed by atoms with E-state index >= 15 is 0 Å². The molecule has 63 heavy (non-hydrogen) atoms. The fourth-order valence-corrected chi connectivity index (χ4v) is 12.9. The zero-order valence-electron chi connectivity index (χ0n) is 36.9. The number of hydrogen-bond acceptors (Lipinski definition) is 8. The molecule has 340 valence electrons. The second kappa shape index (κ2) is 20.8. The predicted molar refractivity (Wildman–Crippen MR) is 262 cm³/mol. The van der Waals surface area contributed by atoms with Crippen LogP contribution in [0.3, 0.4) is 0 Å². The maximum Gasteiger partial charge on any atom is 0.231 e. The molecule has 8 rings (SSSR count). The highest BCUT2D eigenvalue weighted by atomic mass is 79.9. The lowest BCUT2D eigenvalue weighted by atomic mass is 9.76. The predicted octanol–water partition coefficient (Wildman–Crippen LogP) is 16.5. The minimum absolute atomic E-state index is 0.0282. The maximum absolute atomic E-state index is 12.4. The molecule has 8 bridgehead atoms. The first-order valence-electron chi connectivity index (χ1n) is 23.2. The van der Waals surface area contributed by atoms with Crippen molar-refractivity contribution in [1.29, 1.82) is 0 Å². The Kier molecular flexibility index (Phi) is 15.4. The van der Waals surface area contributed by atoms with Gasteiger partial charge in [0.25, 0.3) is 0 Å². The molecule has 4 aromatic carbocycles. The van der Waals surface area contributed by atoms with Crippen LogP contribution in [0.15, 0.2) is 42.2 Å². The second-order valence-corrected chi connectivity index (χ2v) is 20.7. The number of rotatable bonds is 16. The molecule has 0 aromatic heterocycles. The monoisotopic (exact) mass is 1120 g/mol. The number of aromatic hydroxyl groups is 2. The van der Waals surface area contributed by atoms with Crippen LogP contribution in [0.4, 0.5) is 0 Å². The first-order chi connectivity index (χ1) is 30.6. The van der Waals surface area contributed by atoms with Gasteiger partial charge in [0.1, 0.15) is 63.9 Å². The van der Waals surface area contributed by atoms with Crippen LogP contribution in [0.5, 0.6) is 46.0 Å². The molecule has 0 fully saturated rings. The number of halogens is 4. The van der Waals surface area contributed by atoms with Gasteiger partial charge in [-0.2, -0.15) is 0 Å². The number of unbranched alkanes of at least 4 members (excludes halogenated alkanes) is 8. The third-order valence-electron chi connectivity index (χ3n) is 13.6. The van der Waals surface area contributed by atoms with Crippen LogP contribution in [0.25, 0.3) is 0 Å². The van der Waals surface area contributed by atoms with Gasteiger partial charge < -0.3 is 38.6 Å². The van der Waals surface area contributed by atoms with Crippen molar-refractivity contribution in [2.24, 2.45) is 0 Å². The molecule has 4 aromatic rings. The molecule has 0 spiro atoms. The summed E-state index contributed by atoms with van der Waals surface area (Å²) in [5, 5.41) is 24.9. The van der Waals surface area contributed by atoms with E-state index in [0.717, 1.165) is 150 Å². The van der Waals surface area contributed by atoms with Crippen molar-refractivity contribution in [3.63, 3.8) is 0 Å². The Balaban J connectivity index is 1.54. The van der Waals surface area contributed by atoms with Gasteiger partial charge in [-0.1, -0.05) is 105 Å². The Morgan fingerprint density at radius 3 is 0.841 bits per heavy atom. The summed E-state index contributed by atoms with van der Waals surface area (Å²) >= 11 is 15.9. The van der Waals surface area contributed by atoms with Crippen LogP contribution in [0.2, 0.25) is 0 Å². The van der Waals surface area contributed by atoms with E-state index in [-0.39, 0.29) is 55.5 Å². The van der Waals surface area contributed by atoms with E-state index in [9.17, 15) is 10.2 Å². The topological polar surface area (TPSA) is 95.8 Å². The number of hydrogen-bond donors (Lipinski definition) is 2. The molecular weight excluding hydrogens is 1060 g/mol. The Bertz CT molecular complexity index is 2160. The summed E-state index contributed by atoms with van der Waals surface area (Å²) in [6.07, 6.45) is 15.6. The van der Waals surface area contributed by atoms with Crippen LogP contribution in [0.1, 0.15) is 199 Å². The van der Waals surface area contributed by atoms with E-state index in [1.807, 2.05) is 0 Å². The van der Waals surface area contributed by atoms with Gasteiger partial charge in [-0.15, -0.1) is 0 Å². The molecule has 4 aliphatic rings. The number of phenols is 2.